The minimum absolute atomic E-state index is 0.0699. The number of ether oxygens (including phenoxy) is 2. The predicted molar refractivity (Wildman–Crippen MR) is 100 cm³/mol. The molecule has 27 heavy (non-hydrogen) atoms. The van der Waals surface area contributed by atoms with E-state index in [0.29, 0.717) is 24.3 Å². The van der Waals surface area contributed by atoms with Gasteiger partial charge in [-0.3, -0.25) is 4.79 Å². The molecule has 2 aromatic carbocycles. The lowest BCUT2D eigenvalue weighted by Crippen LogP contribution is -2.28. The fourth-order valence-electron chi connectivity index (χ4n) is 2.66. The fraction of sp³-hybridized carbons (Fsp3) is 0.238. The fourth-order valence-corrected chi connectivity index (χ4v) is 2.66. The molecule has 1 aromatic heterocycles. The third-order valence-corrected chi connectivity index (χ3v) is 4.00. The minimum Gasteiger partial charge on any atom is -0.450 e. The van der Waals surface area contributed by atoms with Crippen molar-refractivity contribution in [1.29, 1.82) is 0 Å². The first kappa shape index (κ1) is 18.7. The number of esters is 1. The molecule has 3 rings (SSSR count). The van der Waals surface area contributed by atoms with Crippen LogP contribution in [0, 0.1) is 0 Å². The summed E-state index contributed by atoms with van der Waals surface area (Å²) in [5, 5.41) is 3.51. The molecule has 0 saturated carbocycles. The molecule has 0 fully saturated rings. The molecule has 1 amide bonds. The maximum absolute atomic E-state index is 12.4. The predicted octanol–water partition coefficient (Wildman–Crippen LogP) is 3.44. The van der Waals surface area contributed by atoms with Crippen LogP contribution in [0.1, 0.15) is 28.6 Å². The molecule has 0 saturated heterocycles. The van der Waals surface area contributed by atoms with Crippen LogP contribution in [0.15, 0.2) is 59.0 Å². The number of rotatable bonds is 8. The zero-order chi connectivity index (χ0) is 19.1. The van der Waals surface area contributed by atoms with Crippen molar-refractivity contribution in [3.05, 3.63) is 71.5 Å². The molecule has 0 unspecified atom stereocenters. The Bertz CT molecular complexity index is 917. The number of hydrogen-bond acceptors (Lipinski definition) is 5. The molecular weight excluding hydrogens is 346 g/mol. The van der Waals surface area contributed by atoms with Crippen LogP contribution < -0.4 is 5.32 Å². The highest BCUT2D eigenvalue weighted by Gasteiger charge is 2.22. The van der Waals surface area contributed by atoms with Crippen LogP contribution in [0.2, 0.25) is 0 Å². The van der Waals surface area contributed by atoms with Crippen molar-refractivity contribution in [2.75, 3.05) is 13.2 Å². The van der Waals surface area contributed by atoms with Crippen molar-refractivity contribution in [3.8, 4) is 0 Å². The standard InChI is InChI=1S/C21H21NO5/c1-2-25-13-17-16-10-6-7-11-18(16)27-20(17)21(24)26-14-19(23)22-12-15-8-4-3-5-9-15/h3-11H,2,12-14H2,1H3,(H,22,23). The van der Waals surface area contributed by atoms with Crippen LogP contribution >= 0.6 is 0 Å². The minimum atomic E-state index is -0.684. The molecule has 140 valence electrons. The summed E-state index contributed by atoms with van der Waals surface area (Å²) < 4.78 is 16.2. The first-order chi connectivity index (χ1) is 13.2. The number of furan rings is 1. The van der Waals surface area contributed by atoms with Crippen molar-refractivity contribution >= 4 is 22.8 Å². The van der Waals surface area contributed by atoms with Crippen molar-refractivity contribution < 1.29 is 23.5 Å². The van der Waals surface area contributed by atoms with Crippen LogP contribution in [-0.2, 0) is 27.4 Å². The van der Waals surface area contributed by atoms with Crippen LogP contribution in [-0.4, -0.2) is 25.1 Å². The molecule has 0 spiro atoms. The monoisotopic (exact) mass is 367 g/mol. The van der Waals surface area contributed by atoms with Crippen LogP contribution in [0.4, 0.5) is 0 Å². The number of nitrogens with one attached hydrogen (secondary N) is 1. The molecule has 0 atom stereocenters. The van der Waals surface area contributed by atoms with Gasteiger partial charge in [0.1, 0.15) is 5.58 Å². The van der Waals surface area contributed by atoms with Gasteiger partial charge in [0.15, 0.2) is 6.61 Å². The normalized spacial score (nSPS) is 10.7. The number of carbonyl (C=O) groups is 2. The number of benzene rings is 2. The van der Waals surface area contributed by atoms with E-state index in [0.717, 1.165) is 10.9 Å². The topological polar surface area (TPSA) is 77.8 Å². The summed E-state index contributed by atoms with van der Waals surface area (Å²) >= 11 is 0. The lowest BCUT2D eigenvalue weighted by Gasteiger charge is -2.07. The summed E-state index contributed by atoms with van der Waals surface area (Å²) in [7, 11) is 0. The zero-order valence-electron chi connectivity index (χ0n) is 15.1. The Morgan fingerprint density at radius 1 is 1.04 bits per heavy atom. The van der Waals surface area contributed by atoms with Crippen molar-refractivity contribution in [2.24, 2.45) is 0 Å². The second-order valence-electron chi connectivity index (χ2n) is 5.88. The maximum atomic E-state index is 12.4. The summed E-state index contributed by atoms with van der Waals surface area (Å²) in [6.45, 7) is 2.61. The lowest BCUT2D eigenvalue weighted by molar-refractivity contribution is -0.124. The Balaban J connectivity index is 1.62. The average molecular weight is 367 g/mol. The first-order valence-electron chi connectivity index (χ1n) is 8.75. The highest BCUT2D eigenvalue weighted by atomic mass is 16.5. The van der Waals surface area contributed by atoms with Gasteiger partial charge in [0.2, 0.25) is 5.76 Å². The largest absolute Gasteiger partial charge is 0.450 e. The Kier molecular flexibility index (Phi) is 6.22. The van der Waals surface area contributed by atoms with E-state index in [1.165, 1.54) is 0 Å². The van der Waals surface area contributed by atoms with E-state index in [-0.39, 0.29) is 24.9 Å². The first-order valence-corrected chi connectivity index (χ1v) is 8.75. The van der Waals surface area contributed by atoms with E-state index in [4.69, 9.17) is 13.9 Å². The van der Waals surface area contributed by atoms with Crippen molar-refractivity contribution in [1.82, 2.24) is 5.32 Å². The molecule has 0 aliphatic rings. The van der Waals surface area contributed by atoms with Gasteiger partial charge < -0.3 is 19.2 Å². The Hall–Kier alpha value is -3.12. The van der Waals surface area contributed by atoms with Crippen LogP contribution in [0.5, 0.6) is 0 Å². The molecule has 1 heterocycles. The SMILES string of the molecule is CCOCc1c(C(=O)OCC(=O)NCc2ccccc2)oc2ccccc12. The van der Waals surface area contributed by atoms with Gasteiger partial charge in [-0.25, -0.2) is 4.79 Å². The number of amides is 1. The van der Waals surface area contributed by atoms with E-state index in [1.54, 1.807) is 6.07 Å². The second kappa shape index (κ2) is 9.00. The Morgan fingerprint density at radius 2 is 1.78 bits per heavy atom. The van der Waals surface area contributed by atoms with E-state index in [2.05, 4.69) is 5.32 Å². The van der Waals surface area contributed by atoms with Crippen molar-refractivity contribution in [3.63, 3.8) is 0 Å². The molecule has 6 nitrogen and oxygen atoms in total. The van der Waals surface area contributed by atoms with Gasteiger partial charge in [-0.05, 0) is 18.6 Å². The lowest BCUT2D eigenvalue weighted by atomic mass is 10.1. The molecule has 6 heteroatoms. The third-order valence-electron chi connectivity index (χ3n) is 4.00. The maximum Gasteiger partial charge on any atom is 0.375 e. The van der Waals surface area contributed by atoms with Crippen LogP contribution in [0.25, 0.3) is 11.0 Å². The molecule has 0 bridgehead atoms. The summed E-state index contributed by atoms with van der Waals surface area (Å²) in [5.41, 5.74) is 2.17. The molecule has 0 aliphatic heterocycles. The number of para-hydroxylation sites is 1. The Labute approximate surface area is 157 Å². The summed E-state index contributed by atoms with van der Waals surface area (Å²) in [6, 6.07) is 16.8. The van der Waals surface area contributed by atoms with Gasteiger partial charge >= 0.3 is 5.97 Å². The molecular formula is C21H21NO5. The van der Waals surface area contributed by atoms with Gasteiger partial charge in [-0.2, -0.15) is 0 Å². The van der Waals surface area contributed by atoms with Gasteiger partial charge in [-0.15, -0.1) is 0 Å². The average Bonchev–Trinajstić information content (AvgIpc) is 3.08. The summed E-state index contributed by atoms with van der Waals surface area (Å²) in [5.74, 6) is -0.994. The molecule has 3 aromatic rings. The van der Waals surface area contributed by atoms with E-state index in [1.807, 2.05) is 55.5 Å². The zero-order valence-corrected chi connectivity index (χ0v) is 15.1. The van der Waals surface area contributed by atoms with Crippen LogP contribution in [0.3, 0.4) is 0 Å². The van der Waals surface area contributed by atoms with E-state index in [9.17, 15) is 9.59 Å². The summed E-state index contributed by atoms with van der Waals surface area (Å²) in [6.07, 6.45) is 0. The van der Waals surface area contributed by atoms with E-state index >= 15 is 0 Å². The van der Waals surface area contributed by atoms with Gasteiger partial charge in [0.25, 0.3) is 5.91 Å². The highest BCUT2D eigenvalue weighted by Crippen LogP contribution is 2.27. The van der Waals surface area contributed by atoms with Gasteiger partial charge in [0.05, 0.1) is 6.61 Å². The number of carbonyl (C=O) groups excluding carboxylic acids is 2. The summed E-state index contributed by atoms with van der Waals surface area (Å²) in [4.78, 5) is 24.4. The Morgan fingerprint density at radius 3 is 2.56 bits per heavy atom. The van der Waals surface area contributed by atoms with Gasteiger partial charge in [0, 0.05) is 24.1 Å². The third kappa shape index (κ3) is 4.74. The molecule has 0 aliphatic carbocycles. The molecule has 0 radical (unpaired) electrons. The van der Waals surface area contributed by atoms with Gasteiger partial charge in [-0.1, -0.05) is 48.5 Å². The number of hydrogen-bond donors (Lipinski definition) is 1. The highest BCUT2D eigenvalue weighted by molar-refractivity contribution is 5.96. The molecule has 1 N–H and O–H groups in total. The van der Waals surface area contributed by atoms with E-state index < -0.39 is 5.97 Å². The quantitative estimate of drug-likeness (QED) is 0.617. The number of fused-ring (bicyclic) bond motifs is 1. The smallest absolute Gasteiger partial charge is 0.375 e. The second-order valence-corrected chi connectivity index (χ2v) is 5.88. The van der Waals surface area contributed by atoms with Crippen molar-refractivity contribution in [2.45, 2.75) is 20.1 Å².